The van der Waals surface area contributed by atoms with E-state index in [0.717, 1.165) is 44.1 Å². The Hall–Kier alpha value is -12.2. The Bertz CT molecular complexity index is 4620. The molecular weight excluding hydrogens is 1550 g/mol. The van der Waals surface area contributed by atoms with E-state index in [-0.39, 0.29) is 86.9 Å². The molecule has 0 aliphatic carbocycles. The minimum Gasteiger partial charge on any atom is -0.508 e. The Morgan fingerprint density at radius 1 is 0.578 bits per heavy atom. The number of phenols is 2. The fourth-order valence-corrected chi connectivity index (χ4v) is 16.0. The molecule has 3 aliphatic heterocycles. The first-order valence-electron chi connectivity index (χ1n) is 37.3. The lowest BCUT2D eigenvalue weighted by Crippen LogP contribution is -2.62. The molecule has 1 aromatic heterocycles. The predicted molar refractivity (Wildman–Crippen MR) is 437 cm³/mol. The van der Waals surface area contributed by atoms with E-state index < -0.39 is 174 Å². The number of aromatic amines is 1. The van der Waals surface area contributed by atoms with Crippen LogP contribution in [0.5, 0.6) is 11.5 Å². The van der Waals surface area contributed by atoms with Crippen molar-refractivity contribution in [1.82, 2.24) is 73.4 Å². The Kier molecular flexibility index (Phi) is 32.8. The van der Waals surface area contributed by atoms with E-state index in [1.54, 1.807) is 78.9 Å². The Balaban J connectivity index is 1.13. The maximum absolute atomic E-state index is 15.5. The number of imidazole rings is 1. The van der Waals surface area contributed by atoms with Gasteiger partial charge in [-0.05, 0) is 89.0 Å². The van der Waals surface area contributed by atoms with Crippen molar-refractivity contribution in [3.8, 4) is 11.5 Å². The Labute approximate surface area is 679 Å². The molecule has 0 saturated carbocycles. The number of amides is 13. The normalized spacial score (nSPS) is 22.1. The van der Waals surface area contributed by atoms with Crippen molar-refractivity contribution in [1.29, 1.82) is 5.41 Å². The van der Waals surface area contributed by atoms with E-state index in [2.05, 4.69) is 68.5 Å². The summed E-state index contributed by atoms with van der Waals surface area (Å²) in [5.74, 6) is -14.2. The van der Waals surface area contributed by atoms with Gasteiger partial charge in [-0.15, -0.1) is 11.8 Å². The number of benzene rings is 6. The van der Waals surface area contributed by atoms with Crippen molar-refractivity contribution in [2.24, 2.45) is 22.9 Å². The number of aromatic hydroxyl groups is 2. The van der Waals surface area contributed by atoms with Gasteiger partial charge < -0.3 is 102 Å². The van der Waals surface area contributed by atoms with Gasteiger partial charge in [0.2, 0.25) is 76.8 Å². The standard InChI is InChI=1S/C79H95N19O15S3/c1-44-69(104)91-58(32-45-11-4-2-5-12-45)72(107)97-64(76(111)90-57(68(82)103)31-48-21-26-55(100)27-22-48)41-116-115-40-63(95-70(105)56(80)30-47-19-24-54(99)25-20-47)77(112)93-60(35-53-37-85-43-87-53)74(109)92-59(33-46-13-6-3-7-14-46)73(108)96-62-39-114-42-67(102)98(38-52(89-75(62)110)17-10-28-86-79(83)84)65(78(113)94-61(36-66(81)101)71(106)88-44)34-49-18-23-50-15-8-9-16-51(50)29-49/h2-9,11-16,18-27,29,37,43-44,52,56-65,99-100H,10,17,28,30-36,38-42,80H2,1H3,(H2,81,101)(H2,82,103)(H,85,87)(H,88,106)(H,89,110)(H,90,111)(H,91,104)(H,92,109)(H,93,112)(H,94,113)(H,95,105)(H,96,108)(H,97,107)(H4,83,84,86)/t44-,52-,56-,57-,58-,59+,60-,61-,62+,63-,64-,65-/m0/s1. The molecule has 116 heavy (non-hydrogen) atoms. The van der Waals surface area contributed by atoms with Gasteiger partial charge in [-0.3, -0.25) is 67.7 Å². The molecule has 3 saturated heterocycles. The monoisotopic (exact) mass is 1650 g/mol. The highest BCUT2D eigenvalue weighted by atomic mass is 33.1. The summed E-state index contributed by atoms with van der Waals surface area (Å²) in [4.78, 5) is 200. The number of guanidine groups is 1. The quantitative estimate of drug-likeness (QED) is 0.0119. The van der Waals surface area contributed by atoms with Gasteiger partial charge >= 0.3 is 0 Å². The second-order valence-corrected chi connectivity index (χ2v) is 31.6. The third kappa shape index (κ3) is 27.2. The number of H-pyrrole nitrogens is 1. The number of phenolic OH excluding ortho intramolecular Hbond substituents is 2. The molecule has 13 amide bonds. The molecule has 10 rings (SSSR count). The number of rotatable bonds is 23. The van der Waals surface area contributed by atoms with Gasteiger partial charge in [0.1, 0.15) is 71.9 Å². The number of primary amides is 2. The van der Waals surface area contributed by atoms with Crippen LogP contribution in [0.15, 0.2) is 164 Å². The molecule has 23 N–H and O–H groups in total. The first-order chi connectivity index (χ1) is 55.6. The molecule has 0 radical (unpaired) electrons. The smallest absolute Gasteiger partial charge is 0.244 e. The molecule has 37 heteroatoms. The summed E-state index contributed by atoms with van der Waals surface area (Å²) in [6, 6.07) is 23.1. The molecule has 2 bridgehead atoms. The summed E-state index contributed by atoms with van der Waals surface area (Å²) in [6.45, 7) is 0.952. The summed E-state index contributed by atoms with van der Waals surface area (Å²) in [7, 11) is 1.79. The molecule has 614 valence electrons. The van der Waals surface area contributed by atoms with Gasteiger partial charge in [-0.1, -0.05) is 149 Å². The van der Waals surface area contributed by atoms with E-state index in [1.165, 1.54) is 60.7 Å². The van der Waals surface area contributed by atoms with Crippen LogP contribution in [0, 0.1) is 5.41 Å². The zero-order valence-corrected chi connectivity index (χ0v) is 65.7. The van der Waals surface area contributed by atoms with Crippen molar-refractivity contribution in [3.63, 3.8) is 0 Å². The molecule has 0 unspecified atom stereocenters. The van der Waals surface area contributed by atoms with Crippen LogP contribution in [0.3, 0.4) is 0 Å². The van der Waals surface area contributed by atoms with Crippen LogP contribution in [-0.4, -0.2) is 216 Å². The van der Waals surface area contributed by atoms with Gasteiger partial charge in [0.25, 0.3) is 0 Å². The molecule has 12 atom stereocenters. The molecule has 7 aromatic rings. The van der Waals surface area contributed by atoms with Crippen molar-refractivity contribution in [3.05, 3.63) is 198 Å². The fourth-order valence-electron chi connectivity index (χ4n) is 12.8. The molecule has 34 nitrogen and oxygen atoms in total. The summed E-state index contributed by atoms with van der Waals surface area (Å²) >= 11 is 0.923. The first kappa shape index (κ1) is 87.7. The zero-order valence-electron chi connectivity index (χ0n) is 63.3. The average molecular weight is 1650 g/mol. The van der Waals surface area contributed by atoms with Gasteiger partial charge in [-0.2, -0.15) is 0 Å². The highest BCUT2D eigenvalue weighted by molar-refractivity contribution is 8.76. The summed E-state index contributed by atoms with van der Waals surface area (Å²) in [5.41, 5.74) is 26.7. The predicted octanol–water partition coefficient (Wildman–Crippen LogP) is -1.11. The number of nitrogens with one attached hydrogen (secondary N) is 13. The number of aromatic nitrogens is 2. The summed E-state index contributed by atoms with van der Waals surface area (Å²) in [5, 5.41) is 59.3. The largest absolute Gasteiger partial charge is 0.508 e. The maximum atomic E-state index is 15.5. The number of nitrogens with two attached hydrogens (primary N) is 4. The van der Waals surface area contributed by atoms with E-state index in [9.17, 15) is 39.0 Å². The second-order valence-electron chi connectivity index (χ2n) is 28.0. The van der Waals surface area contributed by atoms with Crippen molar-refractivity contribution in [2.75, 3.05) is 36.1 Å². The lowest BCUT2D eigenvalue weighted by molar-refractivity contribution is -0.141. The molecule has 3 fully saturated rings. The lowest BCUT2D eigenvalue weighted by Gasteiger charge is -2.36. The third-order valence-corrected chi connectivity index (χ3v) is 22.5. The Morgan fingerprint density at radius 2 is 1.14 bits per heavy atom. The minimum absolute atomic E-state index is 0.0512. The van der Waals surface area contributed by atoms with Crippen LogP contribution in [0.2, 0.25) is 0 Å². The Morgan fingerprint density at radius 3 is 1.76 bits per heavy atom. The summed E-state index contributed by atoms with van der Waals surface area (Å²) in [6.07, 6.45) is 0.868. The highest BCUT2D eigenvalue weighted by Crippen LogP contribution is 2.26. The molecule has 6 aromatic carbocycles. The van der Waals surface area contributed by atoms with E-state index >= 15 is 33.6 Å². The van der Waals surface area contributed by atoms with Crippen LogP contribution in [0.25, 0.3) is 10.8 Å². The third-order valence-electron chi connectivity index (χ3n) is 19.0. The number of carbonyl (C=O) groups excluding carboxylic acids is 13. The minimum atomic E-state index is -1.84. The fraction of sp³-hybridized carbons (Fsp3) is 0.354. The molecule has 3 aliphatic rings. The molecule has 4 heterocycles. The van der Waals surface area contributed by atoms with E-state index in [4.69, 9.17) is 28.3 Å². The number of nitrogens with zero attached hydrogens (tertiary/aromatic N) is 2. The highest BCUT2D eigenvalue weighted by Gasteiger charge is 2.40. The topological polar surface area (TPSA) is 555 Å². The van der Waals surface area contributed by atoms with Crippen molar-refractivity contribution < 1.29 is 72.5 Å². The van der Waals surface area contributed by atoms with E-state index in [0.29, 0.717) is 33.5 Å². The number of hydrogen-bond acceptors (Lipinski definition) is 21. The van der Waals surface area contributed by atoms with Crippen LogP contribution in [0.1, 0.15) is 59.7 Å². The maximum Gasteiger partial charge on any atom is 0.244 e. The van der Waals surface area contributed by atoms with Crippen molar-refractivity contribution in [2.45, 2.75) is 137 Å². The zero-order chi connectivity index (χ0) is 83.4. The summed E-state index contributed by atoms with van der Waals surface area (Å²) < 4.78 is 0. The first-order valence-corrected chi connectivity index (χ1v) is 40.9. The average Bonchev–Trinajstić information content (AvgIpc) is 0.996. The number of thioether (sulfide) groups is 1. The number of carbonyl (C=O) groups is 13. The van der Waals surface area contributed by atoms with Crippen LogP contribution >= 0.6 is 33.3 Å². The van der Waals surface area contributed by atoms with Crippen molar-refractivity contribution >= 4 is 127 Å². The van der Waals surface area contributed by atoms with E-state index in [1.807, 2.05) is 36.4 Å². The second kappa shape index (κ2) is 43.3. The SMILES string of the molecule is C[C@@H]1NC(=O)[C@H](CC(N)=O)NC(=O)[C@H](Cc2ccc3ccccc3c2)N2C[C@H](CCCNC(=N)N)NC(=O)[C@@H](CSCC2=O)NC(=O)[C@@H](Cc2ccccc2)NC(=O)[C@H](Cc2cnc[nH]2)NC(=O)[C@@H](NC(=O)[C@@H](N)Cc2ccc(O)cc2)CSSC[C@@H](C(=O)N[C@@H](Cc2ccc(O)cc2)C(N)=O)NC(=O)[C@H](Cc2ccccc2)NC1=O. The molecular formula is C79H95N19O15S3. The van der Waals surface area contributed by atoms with Crippen LogP contribution in [-0.2, 0) is 101 Å². The van der Waals surface area contributed by atoms with Crippen LogP contribution in [0.4, 0.5) is 0 Å². The molecule has 0 spiro atoms. The van der Waals surface area contributed by atoms with Gasteiger partial charge in [0.15, 0.2) is 5.96 Å². The van der Waals surface area contributed by atoms with Gasteiger partial charge in [-0.25, -0.2) is 4.98 Å². The van der Waals surface area contributed by atoms with Gasteiger partial charge in [0.05, 0.1) is 24.5 Å². The van der Waals surface area contributed by atoms with Gasteiger partial charge in [0, 0.05) is 80.4 Å². The number of hydrogen-bond donors (Lipinski definition) is 19. The van der Waals surface area contributed by atoms with Crippen LogP contribution < -0.4 is 81.4 Å². The number of fused-ring (bicyclic) bond motifs is 32. The lowest BCUT2D eigenvalue weighted by atomic mass is 9.98.